The molecule has 0 saturated heterocycles. The van der Waals surface area contributed by atoms with Crippen molar-refractivity contribution < 1.29 is 17.2 Å². The van der Waals surface area contributed by atoms with Crippen molar-refractivity contribution in [1.29, 1.82) is 0 Å². The van der Waals surface area contributed by atoms with Crippen molar-refractivity contribution in [3.63, 3.8) is 0 Å². The van der Waals surface area contributed by atoms with Crippen molar-refractivity contribution in [1.82, 2.24) is 0 Å². The molecule has 0 saturated carbocycles. The number of rotatable bonds is 3. The standard InChI is InChI=1S/C9H8Cl2F2O2S/c1-9(12,13)8-6(5-16(11,14)15)3-2-4-7(8)10/h2-4H,5H2,1H3. The quantitative estimate of drug-likeness (QED) is 0.798. The SMILES string of the molecule is CC(F)(F)c1c(Cl)cccc1CS(=O)(=O)Cl. The third kappa shape index (κ3) is 3.57. The van der Waals surface area contributed by atoms with Crippen LogP contribution in [0.4, 0.5) is 8.78 Å². The van der Waals surface area contributed by atoms with Crippen LogP contribution in [0.25, 0.3) is 0 Å². The van der Waals surface area contributed by atoms with E-state index in [1.54, 1.807) is 0 Å². The summed E-state index contributed by atoms with van der Waals surface area (Å²) < 4.78 is 48.2. The summed E-state index contributed by atoms with van der Waals surface area (Å²) in [6.07, 6.45) is 0. The zero-order valence-electron chi connectivity index (χ0n) is 8.18. The Kier molecular flexibility index (Phi) is 3.82. The fourth-order valence-electron chi connectivity index (χ4n) is 1.37. The highest BCUT2D eigenvalue weighted by molar-refractivity contribution is 8.13. The summed E-state index contributed by atoms with van der Waals surface area (Å²) in [7, 11) is 1.13. The molecule has 0 heterocycles. The topological polar surface area (TPSA) is 34.1 Å². The van der Waals surface area contributed by atoms with Gasteiger partial charge in [0.1, 0.15) is 0 Å². The lowest BCUT2D eigenvalue weighted by Gasteiger charge is -2.16. The van der Waals surface area contributed by atoms with E-state index in [0.29, 0.717) is 6.92 Å². The van der Waals surface area contributed by atoms with Crippen molar-refractivity contribution in [2.75, 3.05) is 0 Å². The van der Waals surface area contributed by atoms with E-state index in [1.807, 2.05) is 0 Å². The predicted octanol–water partition coefficient (Wildman–Crippen LogP) is 3.52. The number of alkyl halides is 2. The zero-order chi connectivity index (χ0) is 12.6. The first-order valence-electron chi connectivity index (χ1n) is 4.19. The second kappa shape index (κ2) is 4.47. The van der Waals surface area contributed by atoms with E-state index in [0.717, 1.165) is 0 Å². The van der Waals surface area contributed by atoms with Crippen molar-refractivity contribution in [2.45, 2.75) is 18.6 Å². The van der Waals surface area contributed by atoms with Crippen LogP contribution in [0.1, 0.15) is 18.1 Å². The van der Waals surface area contributed by atoms with E-state index in [4.69, 9.17) is 22.3 Å². The molecule has 0 N–H and O–H groups in total. The summed E-state index contributed by atoms with van der Waals surface area (Å²) in [6, 6.07) is 3.94. The molecule has 1 aromatic carbocycles. The molecule has 0 spiro atoms. The Morgan fingerprint density at radius 1 is 1.38 bits per heavy atom. The molecule has 0 fully saturated rings. The van der Waals surface area contributed by atoms with Crippen LogP contribution in [0.3, 0.4) is 0 Å². The highest BCUT2D eigenvalue weighted by atomic mass is 35.7. The van der Waals surface area contributed by atoms with Gasteiger partial charge in [0.15, 0.2) is 0 Å². The Morgan fingerprint density at radius 2 is 1.94 bits per heavy atom. The highest BCUT2D eigenvalue weighted by Crippen LogP contribution is 2.36. The molecule has 0 atom stereocenters. The van der Waals surface area contributed by atoms with Crippen molar-refractivity contribution in [2.24, 2.45) is 0 Å². The van der Waals surface area contributed by atoms with Gasteiger partial charge in [-0.1, -0.05) is 23.7 Å². The predicted molar refractivity (Wildman–Crippen MR) is 59.5 cm³/mol. The molecular formula is C9H8Cl2F2O2S. The number of hydrogen-bond acceptors (Lipinski definition) is 2. The normalized spacial score (nSPS) is 12.8. The minimum Gasteiger partial charge on any atom is -0.212 e. The van der Waals surface area contributed by atoms with Crippen LogP contribution in [0.5, 0.6) is 0 Å². The average Bonchev–Trinajstić information content (AvgIpc) is 1.97. The minimum absolute atomic E-state index is 0.0880. The van der Waals surface area contributed by atoms with Gasteiger partial charge < -0.3 is 0 Å². The van der Waals surface area contributed by atoms with Crippen LogP contribution in [-0.4, -0.2) is 8.42 Å². The molecule has 0 unspecified atom stereocenters. The maximum atomic E-state index is 13.2. The van der Waals surface area contributed by atoms with E-state index in [2.05, 4.69) is 0 Å². The number of hydrogen-bond donors (Lipinski definition) is 0. The smallest absolute Gasteiger partial charge is 0.212 e. The Bertz CT molecular complexity index is 495. The Morgan fingerprint density at radius 3 is 2.38 bits per heavy atom. The van der Waals surface area contributed by atoms with Crippen LogP contribution in [-0.2, 0) is 20.7 Å². The van der Waals surface area contributed by atoms with E-state index >= 15 is 0 Å². The molecule has 90 valence electrons. The minimum atomic E-state index is -3.90. The molecule has 0 bridgehead atoms. The van der Waals surface area contributed by atoms with E-state index < -0.39 is 26.3 Å². The van der Waals surface area contributed by atoms with Crippen LogP contribution < -0.4 is 0 Å². The third-order valence-electron chi connectivity index (χ3n) is 1.87. The number of halogens is 4. The van der Waals surface area contributed by atoms with E-state index in [9.17, 15) is 17.2 Å². The summed E-state index contributed by atoms with van der Waals surface area (Å²) in [5.41, 5.74) is -0.587. The van der Waals surface area contributed by atoms with Gasteiger partial charge in [-0.2, -0.15) is 0 Å². The molecular weight excluding hydrogens is 281 g/mol. The second-order valence-corrected chi connectivity index (χ2v) is 6.53. The molecule has 16 heavy (non-hydrogen) atoms. The Balaban J connectivity index is 3.35. The van der Waals surface area contributed by atoms with E-state index in [-0.39, 0.29) is 10.6 Å². The summed E-state index contributed by atoms with van der Waals surface area (Å²) in [4.78, 5) is 0. The van der Waals surface area contributed by atoms with Crippen LogP contribution in [0.2, 0.25) is 5.02 Å². The Hall–Kier alpha value is -0.390. The summed E-state index contributed by atoms with van der Waals surface area (Å²) >= 11 is 5.62. The Labute approximate surface area is 102 Å². The lowest BCUT2D eigenvalue weighted by molar-refractivity contribution is 0.0169. The first-order valence-corrected chi connectivity index (χ1v) is 7.05. The number of benzene rings is 1. The van der Waals surface area contributed by atoms with Crippen LogP contribution >= 0.6 is 22.3 Å². The maximum Gasteiger partial charge on any atom is 0.272 e. The van der Waals surface area contributed by atoms with E-state index in [1.165, 1.54) is 18.2 Å². The van der Waals surface area contributed by atoms with Crippen molar-refractivity contribution in [3.8, 4) is 0 Å². The molecule has 0 aliphatic carbocycles. The zero-order valence-corrected chi connectivity index (χ0v) is 10.5. The van der Waals surface area contributed by atoms with Crippen LogP contribution in [0, 0.1) is 0 Å². The molecule has 0 aliphatic rings. The maximum absolute atomic E-state index is 13.2. The molecule has 0 aliphatic heterocycles. The van der Waals surface area contributed by atoms with Gasteiger partial charge in [-0.25, -0.2) is 17.2 Å². The summed E-state index contributed by atoms with van der Waals surface area (Å²) in [5.74, 6) is -3.89. The molecule has 1 aromatic rings. The first kappa shape index (κ1) is 13.7. The molecule has 1 rings (SSSR count). The second-order valence-electron chi connectivity index (χ2n) is 3.35. The van der Waals surface area contributed by atoms with Gasteiger partial charge in [0, 0.05) is 23.2 Å². The van der Waals surface area contributed by atoms with Gasteiger partial charge in [-0.05, 0) is 11.6 Å². The monoisotopic (exact) mass is 288 g/mol. The summed E-state index contributed by atoms with van der Waals surface area (Å²) in [6.45, 7) is 0.651. The average molecular weight is 289 g/mol. The summed E-state index contributed by atoms with van der Waals surface area (Å²) in [5, 5.41) is -0.176. The fraction of sp³-hybridized carbons (Fsp3) is 0.333. The molecule has 0 aromatic heterocycles. The van der Waals surface area contributed by atoms with Gasteiger partial charge in [-0.15, -0.1) is 0 Å². The largest absolute Gasteiger partial charge is 0.272 e. The van der Waals surface area contributed by atoms with Crippen LogP contribution in [0.15, 0.2) is 18.2 Å². The highest BCUT2D eigenvalue weighted by Gasteiger charge is 2.31. The fourth-order valence-corrected chi connectivity index (χ4v) is 2.69. The lowest BCUT2D eigenvalue weighted by Crippen LogP contribution is -2.13. The first-order chi connectivity index (χ1) is 7.11. The van der Waals surface area contributed by atoms with Crippen molar-refractivity contribution >= 4 is 31.3 Å². The van der Waals surface area contributed by atoms with Gasteiger partial charge in [-0.3, -0.25) is 0 Å². The molecule has 0 amide bonds. The molecule has 7 heteroatoms. The molecule has 2 nitrogen and oxygen atoms in total. The van der Waals surface area contributed by atoms with Gasteiger partial charge in [0.25, 0.3) is 5.92 Å². The van der Waals surface area contributed by atoms with Crippen molar-refractivity contribution in [3.05, 3.63) is 34.3 Å². The van der Waals surface area contributed by atoms with Gasteiger partial charge >= 0.3 is 0 Å². The lowest BCUT2D eigenvalue weighted by atomic mass is 10.0. The van der Waals surface area contributed by atoms with Gasteiger partial charge in [0.2, 0.25) is 9.05 Å². The van der Waals surface area contributed by atoms with Gasteiger partial charge in [0.05, 0.1) is 10.8 Å². The third-order valence-corrected chi connectivity index (χ3v) is 3.16. The molecule has 0 radical (unpaired) electrons.